The second-order valence-corrected chi connectivity index (χ2v) is 4.58. The number of rotatable bonds is 6. The van der Waals surface area contributed by atoms with E-state index in [-0.39, 0.29) is 5.75 Å². The lowest BCUT2D eigenvalue weighted by Crippen LogP contribution is -2.30. The first-order valence-electron chi connectivity index (χ1n) is 6.04. The zero-order valence-electron chi connectivity index (χ0n) is 10.3. The van der Waals surface area contributed by atoms with E-state index >= 15 is 0 Å². The molecule has 0 spiro atoms. The van der Waals surface area contributed by atoms with Gasteiger partial charge in [-0.25, -0.2) is 4.39 Å². The van der Waals surface area contributed by atoms with Crippen LogP contribution in [0.5, 0.6) is 5.75 Å². The first-order valence-corrected chi connectivity index (χ1v) is 6.04. The highest BCUT2D eigenvalue weighted by molar-refractivity contribution is 5.78. The Kier molecular flexibility index (Phi) is 3.81. The number of nitrogens with one attached hydrogen (secondary N) is 1. The number of carbonyl (C=O) groups is 1. The number of benzene rings is 1. The molecule has 0 heterocycles. The molecule has 1 atom stereocenters. The second kappa shape index (κ2) is 5.35. The lowest BCUT2D eigenvalue weighted by Gasteiger charge is -2.12. The Morgan fingerprint density at radius 2 is 2.33 bits per heavy atom. The molecule has 0 bridgehead atoms. The van der Waals surface area contributed by atoms with Crippen molar-refractivity contribution in [3.05, 3.63) is 29.6 Å². The number of hydrogen-bond donors (Lipinski definition) is 2. The Balaban J connectivity index is 1.97. The van der Waals surface area contributed by atoms with Gasteiger partial charge in [-0.2, -0.15) is 0 Å². The number of nitrogens with two attached hydrogens (primary N) is 1. The molecule has 1 aromatic carbocycles. The normalized spacial score (nSPS) is 16.3. The van der Waals surface area contributed by atoms with Gasteiger partial charge >= 0.3 is 0 Å². The van der Waals surface area contributed by atoms with Crippen LogP contribution in [0, 0.1) is 5.82 Å². The van der Waals surface area contributed by atoms with E-state index < -0.39 is 17.8 Å². The predicted molar refractivity (Wildman–Crippen MR) is 65.5 cm³/mol. The number of halogens is 1. The number of hydrogen-bond acceptors (Lipinski definition) is 3. The van der Waals surface area contributed by atoms with Crippen LogP contribution in [0.2, 0.25) is 0 Å². The van der Waals surface area contributed by atoms with E-state index in [1.54, 1.807) is 6.07 Å². The largest absolute Gasteiger partial charge is 0.478 e. The Hall–Kier alpha value is -1.62. The quantitative estimate of drug-likeness (QED) is 0.802. The van der Waals surface area contributed by atoms with Crippen LogP contribution in [0.25, 0.3) is 0 Å². The van der Waals surface area contributed by atoms with Gasteiger partial charge in [0.05, 0.1) is 0 Å². The third-order valence-corrected chi connectivity index (χ3v) is 2.87. The summed E-state index contributed by atoms with van der Waals surface area (Å²) in [6.45, 7) is 2.14. The van der Waals surface area contributed by atoms with Crippen LogP contribution in [-0.2, 0) is 11.3 Å². The summed E-state index contributed by atoms with van der Waals surface area (Å²) in [5, 5.41) is 3.30. The molecule has 4 nitrogen and oxygen atoms in total. The van der Waals surface area contributed by atoms with Gasteiger partial charge in [0.25, 0.3) is 5.91 Å². The molecular formula is C13H17FN2O2. The summed E-state index contributed by atoms with van der Waals surface area (Å²) in [6, 6.07) is 5.30. The van der Waals surface area contributed by atoms with E-state index in [1.165, 1.54) is 31.9 Å². The van der Waals surface area contributed by atoms with Crippen molar-refractivity contribution in [1.29, 1.82) is 0 Å². The molecule has 1 aromatic rings. The van der Waals surface area contributed by atoms with Gasteiger partial charge in [0.1, 0.15) is 0 Å². The topological polar surface area (TPSA) is 64.3 Å². The van der Waals surface area contributed by atoms with Gasteiger partial charge in [0, 0.05) is 12.6 Å². The van der Waals surface area contributed by atoms with Crippen molar-refractivity contribution in [2.24, 2.45) is 5.73 Å². The first-order chi connectivity index (χ1) is 8.56. The van der Waals surface area contributed by atoms with Crippen LogP contribution in [-0.4, -0.2) is 18.1 Å². The molecule has 98 valence electrons. The third kappa shape index (κ3) is 3.43. The highest BCUT2D eigenvalue weighted by Gasteiger charge is 2.20. The van der Waals surface area contributed by atoms with Gasteiger partial charge < -0.3 is 15.8 Å². The maximum atomic E-state index is 13.7. The smallest absolute Gasteiger partial charge is 0.258 e. The summed E-state index contributed by atoms with van der Waals surface area (Å²) in [5.41, 5.74) is 5.92. The second-order valence-electron chi connectivity index (χ2n) is 4.58. The highest BCUT2D eigenvalue weighted by Crippen LogP contribution is 2.22. The highest BCUT2D eigenvalue weighted by atomic mass is 19.1. The predicted octanol–water partition coefficient (Wildman–Crippen LogP) is 1.33. The van der Waals surface area contributed by atoms with Crippen LogP contribution in [0.4, 0.5) is 4.39 Å². The minimum absolute atomic E-state index is 0.0523. The molecule has 5 heteroatoms. The number of primary amides is 1. The van der Waals surface area contributed by atoms with Gasteiger partial charge in [-0.05, 0) is 37.5 Å². The summed E-state index contributed by atoms with van der Waals surface area (Å²) < 4.78 is 18.8. The fourth-order valence-electron chi connectivity index (χ4n) is 1.55. The molecule has 3 N–H and O–H groups in total. The average Bonchev–Trinajstić information content (AvgIpc) is 3.13. The molecule has 0 radical (unpaired) electrons. The molecule has 2 rings (SSSR count). The van der Waals surface area contributed by atoms with Crippen molar-refractivity contribution in [2.45, 2.75) is 38.5 Å². The SMILES string of the molecule is CC(Oc1ccc(CNC2CC2)cc1F)C(N)=O. The Morgan fingerprint density at radius 3 is 2.89 bits per heavy atom. The fourth-order valence-corrected chi connectivity index (χ4v) is 1.55. The lowest BCUT2D eigenvalue weighted by molar-refractivity contribution is -0.124. The molecule has 1 aliphatic carbocycles. The van der Waals surface area contributed by atoms with Gasteiger partial charge in [-0.1, -0.05) is 6.07 Å². The van der Waals surface area contributed by atoms with Gasteiger partial charge in [-0.15, -0.1) is 0 Å². The van der Waals surface area contributed by atoms with Crippen LogP contribution in [0.15, 0.2) is 18.2 Å². The van der Waals surface area contributed by atoms with Crippen LogP contribution < -0.4 is 15.8 Å². The fraction of sp³-hybridized carbons (Fsp3) is 0.462. The third-order valence-electron chi connectivity index (χ3n) is 2.87. The van der Waals surface area contributed by atoms with Crippen molar-refractivity contribution in [3.8, 4) is 5.75 Å². The maximum Gasteiger partial charge on any atom is 0.258 e. The van der Waals surface area contributed by atoms with Crippen LogP contribution in [0.3, 0.4) is 0 Å². The van der Waals surface area contributed by atoms with Gasteiger partial charge in [0.15, 0.2) is 17.7 Å². The Morgan fingerprint density at radius 1 is 1.61 bits per heavy atom. The van der Waals surface area contributed by atoms with E-state index in [2.05, 4.69) is 5.32 Å². The molecular weight excluding hydrogens is 235 g/mol. The number of ether oxygens (including phenoxy) is 1. The zero-order valence-corrected chi connectivity index (χ0v) is 10.3. The summed E-state index contributed by atoms with van der Waals surface area (Å²) in [7, 11) is 0. The molecule has 0 aromatic heterocycles. The maximum absolute atomic E-state index is 13.7. The lowest BCUT2D eigenvalue weighted by atomic mass is 10.2. The van der Waals surface area contributed by atoms with Gasteiger partial charge in [-0.3, -0.25) is 4.79 Å². The molecule has 0 aliphatic heterocycles. The van der Waals surface area contributed by atoms with Crippen LogP contribution in [0.1, 0.15) is 25.3 Å². The minimum atomic E-state index is -0.838. The molecule has 18 heavy (non-hydrogen) atoms. The summed E-state index contributed by atoms with van der Waals surface area (Å²) in [6.07, 6.45) is 1.55. The van der Waals surface area contributed by atoms with E-state index in [4.69, 9.17) is 10.5 Å². The van der Waals surface area contributed by atoms with Crippen molar-refractivity contribution < 1.29 is 13.9 Å². The molecule has 0 saturated heterocycles. The monoisotopic (exact) mass is 252 g/mol. The van der Waals surface area contributed by atoms with Crippen molar-refractivity contribution in [1.82, 2.24) is 5.32 Å². The average molecular weight is 252 g/mol. The van der Waals surface area contributed by atoms with Crippen LogP contribution >= 0.6 is 0 Å². The number of carbonyl (C=O) groups excluding carboxylic acids is 1. The molecule has 1 unspecified atom stereocenters. The van der Waals surface area contributed by atoms with E-state index in [1.807, 2.05) is 0 Å². The first kappa shape index (κ1) is 12.8. The van der Waals surface area contributed by atoms with E-state index in [9.17, 15) is 9.18 Å². The van der Waals surface area contributed by atoms with Crippen molar-refractivity contribution in [3.63, 3.8) is 0 Å². The Bertz CT molecular complexity index is 447. The molecule has 1 fully saturated rings. The summed E-state index contributed by atoms with van der Waals surface area (Å²) in [4.78, 5) is 10.8. The standard InChI is InChI=1S/C13H17FN2O2/c1-8(13(15)17)18-12-5-2-9(6-11(12)14)7-16-10-3-4-10/h2,5-6,8,10,16H,3-4,7H2,1H3,(H2,15,17). The molecule has 1 amide bonds. The molecule has 1 aliphatic rings. The molecule has 1 saturated carbocycles. The van der Waals surface area contributed by atoms with E-state index in [0.29, 0.717) is 12.6 Å². The minimum Gasteiger partial charge on any atom is -0.478 e. The van der Waals surface area contributed by atoms with Gasteiger partial charge in [0.2, 0.25) is 0 Å². The zero-order chi connectivity index (χ0) is 13.1. The summed E-state index contributed by atoms with van der Waals surface area (Å²) >= 11 is 0. The Labute approximate surface area is 105 Å². The number of amides is 1. The van der Waals surface area contributed by atoms with Crippen molar-refractivity contribution in [2.75, 3.05) is 0 Å². The van der Waals surface area contributed by atoms with Crippen molar-refractivity contribution >= 4 is 5.91 Å². The van der Waals surface area contributed by atoms with E-state index in [0.717, 1.165) is 5.56 Å². The summed E-state index contributed by atoms with van der Waals surface area (Å²) in [5.74, 6) is -1.04.